The van der Waals surface area contributed by atoms with Gasteiger partial charge in [0.2, 0.25) is 0 Å². The van der Waals surface area contributed by atoms with Gasteiger partial charge in [-0.2, -0.15) is 0 Å². The van der Waals surface area contributed by atoms with Crippen molar-refractivity contribution in [3.8, 4) is 0 Å². The van der Waals surface area contributed by atoms with E-state index in [2.05, 4.69) is 35.8 Å². The van der Waals surface area contributed by atoms with Crippen molar-refractivity contribution >= 4 is 5.69 Å². The van der Waals surface area contributed by atoms with E-state index in [1.54, 1.807) is 0 Å². The molecule has 0 fully saturated rings. The molecule has 1 aromatic carbocycles. The highest BCUT2D eigenvalue weighted by molar-refractivity contribution is 5.60. The summed E-state index contributed by atoms with van der Waals surface area (Å²) in [5.41, 5.74) is 4.36. The molecule has 1 aliphatic heterocycles. The summed E-state index contributed by atoms with van der Waals surface area (Å²) in [4.78, 5) is 0. The van der Waals surface area contributed by atoms with Crippen LogP contribution in [0.2, 0.25) is 0 Å². The molecule has 2 N–H and O–H groups in total. The maximum Gasteiger partial charge on any atom is 0.0379 e. The molecule has 0 bridgehead atoms. The molecule has 0 saturated carbocycles. The summed E-state index contributed by atoms with van der Waals surface area (Å²) in [6, 6.07) is 6.58. The Hall–Kier alpha value is -1.02. The normalized spacial score (nSPS) is 19.1. The van der Waals surface area contributed by atoms with Gasteiger partial charge >= 0.3 is 0 Å². The zero-order valence-electron chi connectivity index (χ0n) is 8.93. The molecule has 76 valence electrons. The molecule has 0 amide bonds. The number of fused-ring (bicyclic) bond motifs is 1. The number of hydrogen-bond donors (Lipinski definition) is 2. The SMILES string of the molecule is CNCCc1cccc2c1C(C)CN2. The maximum absolute atomic E-state index is 3.45. The van der Waals surface area contributed by atoms with Crippen LogP contribution in [0.15, 0.2) is 18.2 Å². The van der Waals surface area contributed by atoms with Crippen LogP contribution in [0.1, 0.15) is 24.0 Å². The van der Waals surface area contributed by atoms with Crippen LogP contribution in [0.5, 0.6) is 0 Å². The summed E-state index contributed by atoms with van der Waals surface area (Å²) < 4.78 is 0. The maximum atomic E-state index is 3.45. The standard InChI is InChI=1S/C12H18N2/c1-9-8-14-11-5-3-4-10(12(9)11)6-7-13-2/h3-5,9,13-14H,6-8H2,1-2H3. The Labute approximate surface area is 85.7 Å². The van der Waals surface area contributed by atoms with E-state index >= 15 is 0 Å². The van der Waals surface area contributed by atoms with Crippen LogP contribution in [0.4, 0.5) is 5.69 Å². The van der Waals surface area contributed by atoms with Gasteiger partial charge in [-0.15, -0.1) is 0 Å². The van der Waals surface area contributed by atoms with E-state index in [1.807, 2.05) is 7.05 Å². The summed E-state index contributed by atoms with van der Waals surface area (Å²) in [6.07, 6.45) is 1.13. The van der Waals surface area contributed by atoms with E-state index in [-0.39, 0.29) is 0 Å². The Morgan fingerprint density at radius 3 is 3.14 bits per heavy atom. The van der Waals surface area contributed by atoms with Gasteiger partial charge in [0.15, 0.2) is 0 Å². The van der Waals surface area contributed by atoms with Gasteiger partial charge in [-0.05, 0) is 37.2 Å². The monoisotopic (exact) mass is 190 g/mol. The first-order valence-corrected chi connectivity index (χ1v) is 5.33. The molecule has 0 aliphatic carbocycles. The lowest BCUT2D eigenvalue weighted by Crippen LogP contribution is -2.11. The van der Waals surface area contributed by atoms with Gasteiger partial charge in [-0.1, -0.05) is 19.1 Å². The predicted octanol–water partition coefficient (Wildman–Crippen LogP) is 1.98. The number of benzene rings is 1. The topological polar surface area (TPSA) is 24.1 Å². The minimum atomic E-state index is 0.665. The van der Waals surface area contributed by atoms with Gasteiger partial charge in [0.1, 0.15) is 0 Å². The quantitative estimate of drug-likeness (QED) is 0.761. The summed E-state index contributed by atoms with van der Waals surface area (Å²) in [5, 5.41) is 6.65. The van der Waals surface area contributed by atoms with Crippen molar-refractivity contribution in [2.24, 2.45) is 0 Å². The van der Waals surface area contributed by atoms with Crippen LogP contribution in [-0.4, -0.2) is 20.1 Å². The minimum Gasteiger partial charge on any atom is -0.384 e. The molecular weight excluding hydrogens is 172 g/mol. The van der Waals surface area contributed by atoms with Gasteiger partial charge in [0.05, 0.1) is 0 Å². The first-order chi connectivity index (χ1) is 6.83. The van der Waals surface area contributed by atoms with Gasteiger partial charge < -0.3 is 10.6 Å². The van der Waals surface area contributed by atoms with Crippen molar-refractivity contribution in [1.29, 1.82) is 0 Å². The number of rotatable bonds is 3. The van der Waals surface area contributed by atoms with Crippen molar-refractivity contribution in [2.75, 3.05) is 25.5 Å². The second-order valence-corrected chi connectivity index (χ2v) is 4.01. The zero-order valence-corrected chi connectivity index (χ0v) is 8.93. The molecule has 2 nitrogen and oxygen atoms in total. The first-order valence-electron chi connectivity index (χ1n) is 5.33. The molecule has 2 heteroatoms. The van der Waals surface area contributed by atoms with E-state index < -0.39 is 0 Å². The molecule has 0 aromatic heterocycles. The third-order valence-corrected chi connectivity index (χ3v) is 2.93. The Morgan fingerprint density at radius 2 is 2.36 bits per heavy atom. The van der Waals surface area contributed by atoms with Crippen LogP contribution in [-0.2, 0) is 6.42 Å². The molecule has 0 radical (unpaired) electrons. The fourth-order valence-corrected chi connectivity index (χ4v) is 2.19. The van der Waals surface area contributed by atoms with Crippen LogP contribution in [0.3, 0.4) is 0 Å². The summed E-state index contributed by atoms with van der Waals surface area (Å²) in [7, 11) is 2.00. The lowest BCUT2D eigenvalue weighted by Gasteiger charge is -2.10. The summed E-state index contributed by atoms with van der Waals surface area (Å²) in [6.45, 7) is 4.44. The molecule has 1 aromatic rings. The predicted molar refractivity (Wildman–Crippen MR) is 61.0 cm³/mol. The highest BCUT2D eigenvalue weighted by atomic mass is 14.9. The zero-order chi connectivity index (χ0) is 9.97. The van der Waals surface area contributed by atoms with E-state index in [9.17, 15) is 0 Å². The van der Waals surface area contributed by atoms with E-state index in [0.29, 0.717) is 5.92 Å². The lowest BCUT2D eigenvalue weighted by molar-refractivity contribution is 0.771. The third kappa shape index (κ3) is 1.62. The van der Waals surface area contributed by atoms with Gasteiger partial charge in [-0.3, -0.25) is 0 Å². The van der Waals surface area contributed by atoms with Crippen molar-refractivity contribution in [1.82, 2.24) is 5.32 Å². The van der Waals surface area contributed by atoms with Gasteiger partial charge in [0.25, 0.3) is 0 Å². The summed E-state index contributed by atoms with van der Waals surface area (Å²) >= 11 is 0. The molecular formula is C12H18N2. The number of hydrogen-bond acceptors (Lipinski definition) is 2. The third-order valence-electron chi connectivity index (χ3n) is 2.93. The Kier molecular flexibility index (Phi) is 2.73. The number of anilines is 1. The van der Waals surface area contributed by atoms with Crippen LogP contribution in [0.25, 0.3) is 0 Å². The summed E-state index contributed by atoms with van der Waals surface area (Å²) in [5.74, 6) is 0.665. The smallest absolute Gasteiger partial charge is 0.0379 e. The number of nitrogens with one attached hydrogen (secondary N) is 2. The molecule has 1 unspecified atom stereocenters. The van der Waals surface area contributed by atoms with E-state index in [4.69, 9.17) is 0 Å². The minimum absolute atomic E-state index is 0.665. The fraction of sp³-hybridized carbons (Fsp3) is 0.500. The fourth-order valence-electron chi connectivity index (χ4n) is 2.19. The number of likely N-dealkylation sites (N-methyl/N-ethyl adjacent to an activating group) is 1. The lowest BCUT2D eigenvalue weighted by atomic mass is 9.95. The molecule has 1 heterocycles. The highest BCUT2D eigenvalue weighted by Gasteiger charge is 2.20. The van der Waals surface area contributed by atoms with Crippen molar-refractivity contribution < 1.29 is 0 Å². The van der Waals surface area contributed by atoms with Crippen molar-refractivity contribution in [2.45, 2.75) is 19.3 Å². The molecule has 1 atom stereocenters. The first kappa shape index (κ1) is 9.53. The van der Waals surface area contributed by atoms with E-state index in [1.165, 1.54) is 16.8 Å². The second-order valence-electron chi connectivity index (χ2n) is 4.01. The molecule has 1 aliphatic rings. The molecule has 14 heavy (non-hydrogen) atoms. The molecule has 0 saturated heterocycles. The average Bonchev–Trinajstić information content (AvgIpc) is 2.58. The van der Waals surface area contributed by atoms with Gasteiger partial charge in [-0.25, -0.2) is 0 Å². The van der Waals surface area contributed by atoms with E-state index in [0.717, 1.165) is 19.5 Å². The Morgan fingerprint density at radius 1 is 1.50 bits per heavy atom. The largest absolute Gasteiger partial charge is 0.384 e. The van der Waals surface area contributed by atoms with Crippen LogP contribution in [0, 0.1) is 0 Å². The Bertz CT molecular complexity index is 320. The van der Waals surface area contributed by atoms with Crippen molar-refractivity contribution in [3.63, 3.8) is 0 Å². The Balaban J connectivity index is 2.27. The molecule has 2 rings (SSSR count). The van der Waals surface area contributed by atoms with Crippen LogP contribution < -0.4 is 10.6 Å². The van der Waals surface area contributed by atoms with Gasteiger partial charge in [0, 0.05) is 18.2 Å². The molecule has 0 spiro atoms. The second kappa shape index (κ2) is 4.01. The van der Waals surface area contributed by atoms with Crippen molar-refractivity contribution in [3.05, 3.63) is 29.3 Å². The average molecular weight is 190 g/mol. The van der Waals surface area contributed by atoms with Crippen LogP contribution >= 0.6 is 0 Å². The highest BCUT2D eigenvalue weighted by Crippen LogP contribution is 2.33.